The third-order valence-corrected chi connectivity index (χ3v) is 6.30. The zero-order valence-corrected chi connectivity index (χ0v) is 16.4. The van der Waals surface area contributed by atoms with Crippen LogP contribution in [0.25, 0.3) is 0 Å². The van der Waals surface area contributed by atoms with Gasteiger partial charge < -0.3 is 15.1 Å². The summed E-state index contributed by atoms with van der Waals surface area (Å²) in [7, 11) is 0. The molecule has 2 saturated heterocycles. The van der Waals surface area contributed by atoms with E-state index in [9.17, 15) is 19.4 Å². The predicted molar refractivity (Wildman–Crippen MR) is 108 cm³/mol. The first kappa shape index (κ1) is 19.0. The van der Waals surface area contributed by atoms with Gasteiger partial charge in [0, 0.05) is 38.4 Å². The zero-order chi connectivity index (χ0) is 20.8. The topological polar surface area (TPSA) is 80.1 Å². The quantitative estimate of drug-likeness (QED) is 0.804. The molecule has 0 spiro atoms. The lowest BCUT2D eigenvalue weighted by Crippen LogP contribution is -2.56. The summed E-state index contributed by atoms with van der Waals surface area (Å²) in [6.45, 7) is 2.12. The van der Waals surface area contributed by atoms with Crippen molar-refractivity contribution >= 4 is 11.7 Å². The minimum absolute atomic E-state index is 0.0538. The lowest BCUT2D eigenvalue weighted by Gasteiger charge is -2.44. The molecule has 4 heterocycles. The smallest absolute Gasteiger partial charge is 0.279 e. The van der Waals surface area contributed by atoms with Gasteiger partial charge in [0.25, 0.3) is 5.91 Å². The molecule has 7 nitrogen and oxygen atoms in total. The van der Waals surface area contributed by atoms with E-state index in [0.29, 0.717) is 38.4 Å². The molecule has 1 amide bonds. The Labute approximate surface area is 173 Å². The second-order valence-corrected chi connectivity index (χ2v) is 7.96. The lowest BCUT2D eigenvalue weighted by molar-refractivity contribution is -0.118. The summed E-state index contributed by atoms with van der Waals surface area (Å²) in [4.78, 5) is 22.8. The highest BCUT2D eigenvalue weighted by Crippen LogP contribution is 2.42. The van der Waals surface area contributed by atoms with Gasteiger partial charge in [-0.3, -0.25) is 14.6 Å². The lowest BCUT2D eigenvalue weighted by atomic mass is 9.90. The van der Waals surface area contributed by atoms with Crippen LogP contribution in [-0.4, -0.2) is 62.8 Å². The van der Waals surface area contributed by atoms with E-state index < -0.39 is 12.1 Å². The number of rotatable bonds is 3. The van der Waals surface area contributed by atoms with Crippen molar-refractivity contribution < 1.29 is 19.4 Å². The number of amides is 1. The number of aliphatic hydroxyl groups is 2. The molecule has 8 heteroatoms. The molecule has 1 aromatic carbocycles. The van der Waals surface area contributed by atoms with Crippen molar-refractivity contribution in [2.24, 2.45) is 5.92 Å². The first-order valence-electron chi connectivity index (χ1n) is 10.1. The van der Waals surface area contributed by atoms with Crippen molar-refractivity contribution in [2.75, 3.05) is 24.5 Å². The van der Waals surface area contributed by atoms with Gasteiger partial charge in [-0.15, -0.1) is 0 Å². The Morgan fingerprint density at radius 3 is 2.63 bits per heavy atom. The highest BCUT2D eigenvalue weighted by atomic mass is 19.1. The maximum Gasteiger partial charge on any atom is 0.279 e. The maximum atomic E-state index is 13.2. The van der Waals surface area contributed by atoms with Crippen LogP contribution in [0, 0.1) is 11.7 Å². The van der Waals surface area contributed by atoms with Gasteiger partial charge in [0.2, 0.25) is 0 Å². The molecule has 0 aliphatic carbocycles. The van der Waals surface area contributed by atoms with Crippen molar-refractivity contribution in [3.05, 3.63) is 71.5 Å². The molecule has 3 aliphatic rings. The largest absolute Gasteiger partial charge is 0.509 e. The van der Waals surface area contributed by atoms with Crippen molar-refractivity contribution in [1.82, 2.24) is 14.8 Å². The van der Waals surface area contributed by atoms with Crippen LogP contribution in [0.2, 0.25) is 0 Å². The average Bonchev–Trinajstić information content (AvgIpc) is 3.06. The fraction of sp³-hybridized carbons (Fsp3) is 0.364. The highest BCUT2D eigenvalue weighted by molar-refractivity contribution is 6.06. The molecule has 2 N–H and O–H groups in total. The third-order valence-electron chi connectivity index (χ3n) is 6.30. The van der Waals surface area contributed by atoms with E-state index in [-0.39, 0.29) is 29.2 Å². The van der Waals surface area contributed by atoms with Crippen LogP contribution < -0.4 is 4.90 Å². The molecule has 156 valence electrons. The first-order valence-corrected chi connectivity index (χ1v) is 10.1. The maximum absolute atomic E-state index is 13.2. The van der Waals surface area contributed by atoms with Gasteiger partial charge in [-0.2, -0.15) is 0 Å². The average molecular weight is 410 g/mol. The fourth-order valence-electron chi connectivity index (χ4n) is 4.86. The molecule has 0 bridgehead atoms. The number of aromatic nitrogens is 1. The second-order valence-electron chi connectivity index (χ2n) is 7.96. The molecule has 30 heavy (non-hydrogen) atoms. The number of aliphatic hydroxyl groups excluding tert-OH is 2. The SMILES string of the molecule is O=C1C2=C(O)C3C(O)N(Cc4ccc(F)cc4)CCC3N2CCN1c1ccccn1. The van der Waals surface area contributed by atoms with Crippen LogP contribution in [0.3, 0.4) is 0 Å². The van der Waals surface area contributed by atoms with Gasteiger partial charge in [-0.1, -0.05) is 18.2 Å². The molecule has 3 atom stereocenters. The van der Waals surface area contributed by atoms with Crippen LogP contribution >= 0.6 is 0 Å². The van der Waals surface area contributed by atoms with Crippen LogP contribution in [0.15, 0.2) is 60.1 Å². The zero-order valence-electron chi connectivity index (χ0n) is 16.4. The van der Waals surface area contributed by atoms with Crippen molar-refractivity contribution in [2.45, 2.75) is 25.2 Å². The number of carbonyl (C=O) groups is 1. The van der Waals surface area contributed by atoms with Crippen LogP contribution in [0.4, 0.5) is 10.2 Å². The number of nitrogens with zero attached hydrogens (tertiary/aromatic N) is 4. The number of carbonyl (C=O) groups excluding carboxylic acids is 1. The Bertz CT molecular complexity index is 982. The predicted octanol–water partition coefficient (Wildman–Crippen LogP) is 1.86. The minimum atomic E-state index is -0.928. The van der Waals surface area contributed by atoms with Crippen molar-refractivity contribution in [3.8, 4) is 0 Å². The number of fused-ring (bicyclic) bond motifs is 3. The summed E-state index contributed by atoms with van der Waals surface area (Å²) in [6.07, 6.45) is 1.42. The Morgan fingerprint density at radius 1 is 1.10 bits per heavy atom. The van der Waals surface area contributed by atoms with E-state index in [1.54, 1.807) is 35.4 Å². The minimum Gasteiger partial charge on any atom is -0.509 e. The molecule has 5 rings (SSSR count). The highest BCUT2D eigenvalue weighted by Gasteiger charge is 2.52. The van der Waals surface area contributed by atoms with E-state index in [2.05, 4.69) is 4.98 Å². The first-order chi connectivity index (χ1) is 14.5. The summed E-state index contributed by atoms with van der Waals surface area (Å²) in [5.41, 5.74) is 1.15. The van der Waals surface area contributed by atoms with Gasteiger partial charge in [0.1, 0.15) is 29.3 Å². The molecule has 0 saturated carbocycles. The molecular weight excluding hydrogens is 387 g/mol. The molecule has 2 aromatic rings. The number of likely N-dealkylation sites (tertiary alicyclic amines) is 1. The third kappa shape index (κ3) is 3.03. The summed E-state index contributed by atoms with van der Waals surface area (Å²) in [5, 5.41) is 22.0. The number of hydrogen-bond acceptors (Lipinski definition) is 6. The number of halogens is 1. The number of piperazine rings is 1. The summed E-state index contributed by atoms with van der Waals surface area (Å²) < 4.78 is 13.2. The van der Waals surface area contributed by atoms with Gasteiger partial charge >= 0.3 is 0 Å². The second kappa shape index (κ2) is 7.37. The van der Waals surface area contributed by atoms with Crippen LogP contribution in [0.1, 0.15) is 12.0 Å². The van der Waals surface area contributed by atoms with E-state index in [1.165, 1.54) is 12.1 Å². The fourth-order valence-corrected chi connectivity index (χ4v) is 4.86. The number of benzene rings is 1. The van der Waals surface area contributed by atoms with E-state index in [4.69, 9.17) is 0 Å². The molecule has 2 fully saturated rings. The number of anilines is 1. The van der Waals surface area contributed by atoms with E-state index in [0.717, 1.165) is 5.56 Å². The monoisotopic (exact) mass is 410 g/mol. The number of piperidine rings is 1. The normalized spacial score (nSPS) is 26.7. The van der Waals surface area contributed by atoms with Crippen molar-refractivity contribution in [1.29, 1.82) is 0 Å². The van der Waals surface area contributed by atoms with Gasteiger partial charge in [-0.25, -0.2) is 9.37 Å². The van der Waals surface area contributed by atoms with Gasteiger partial charge in [0.15, 0.2) is 0 Å². The standard InChI is InChI=1S/C22H23FN4O3/c23-15-6-4-14(5-7-15)13-25-10-8-16-18(21(25)29)20(28)19-22(30)27(12-11-26(16)19)17-3-1-2-9-24-17/h1-7,9,16,18,21,28-29H,8,10-13H2. The molecular formula is C22H23FN4O3. The summed E-state index contributed by atoms with van der Waals surface area (Å²) in [6, 6.07) is 11.4. The van der Waals surface area contributed by atoms with E-state index >= 15 is 0 Å². The molecule has 0 radical (unpaired) electrons. The Morgan fingerprint density at radius 2 is 1.90 bits per heavy atom. The Balaban J connectivity index is 1.40. The Kier molecular flexibility index (Phi) is 4.67. The van der Waals surface area contributed by atoms with Crippen molar-refractivity contribution in [3.63, 3.8) is 0 Å². The molecule has 3 aliphatic heterocycles. The summed E-state index contributed by atoms with van der Waals surface area (Å²) in [5.74, 6) is -0.646. The van der Waals surface area contributed by atoms with Gasteiger partial charge in [-0.05, 0) is 36.2 Å². The van der Waals surface area contributed by atoms with Gasteiger partial charge in [0.05, 0.1) is 5.92 Å². The summed E-state index contributed by atoms with van der Waals surface area (Å²) >= 11 is 0. The van der Waals surface area contributed by atoms with Crippen LogP contribution in [0.5, 0.6) is 0 Å². The van der Waals surface area contributed by atoms with Crippen LogP contribution in [-0.2, 0) is 11.3 Å². The number of pyridine rings is 1. The molecule has 3 unspecified atom stereocenters. The number of hydrogen-bond donors (Lipinski definition) is 2. The molecule has 1 aromatic heterocycles. The van der Waals surface area contributed by atoms with E-state index in [1.807, 2.05) is 15.9 Å². The Hall–Kier alpha value is -2.97.